The third kappa shape index (κ3) is 2.59. The highest BCUT2D eigenvalue weighted by Crippen LogP contribution is 2.12. The molecule has 0 aliphatic carbocycles. The van der Waals surface area contributed by atoms with Gasteiger partial charge in [0, 0.05) is 6.42 Å². The quantitative estimate of drug-likeness (QED) is 0.767. The molecule has 6 heteroatoms. The normalized spacial score (nSPS) is 11.1. The van der Waals surface area contributed by atoms with Crippen LogP contribution in [0.5, 0.6) is 0 Å². The first-order valence-electron chi connectivity index (χ1n) is 6.51. The summed E-state index contributed by atoms with van der Waals surface area (Å²) >= 11 is 0. The van der Waals surface area contributed by atoms with E-state index in [0.717, 1.165) is 16.9 Å². The van der Waals surface area contributed by atoms with Crippen molar-refractivity contribution in [2.75, 3.05) is 0 Å². The molecular formula is C14H14N4O2. The molecule has 0 aliphatic heterocycles. The van der Waals surface area contributed by atoms with Gasteiger partial charge >= 0.3 is 0 Å². The van der Waals surface area contributed by atoms with Gasteiger partial charge in [-0.05, 0) is 12.1 Å². The minimum atomic E-state index is 0.0870. The topological polar surface area (TPSA) is 84.7 Å². The number of carbonyl (C=O) groups excluding carboxylic acids is 1. The van der Waals surface area contributed by atoms with Crippen molar-refractivity contribution < 1.29 is 9.32 Å². The Hall–Kier alpha value is -2.50. The van der Waals surface area contributed by atoms with Crippen molar-refractivity contribution in [2.24, 2.45) is 0 Å². The highest BCUT2D eigenvalue weighted by molar-refractivity contribution is 5.79. The third-order valence-electron chi connectivity index (χ3n) is 3.02. The van der Waals surface area contributed by atoms with Gasteiger partial charge in [0.15, 0.2) is 5.82 Å². The van der Waals surface area contributed by atoms with E-state index in [1.54, 1.807) is 0 Å². The number of nitrogens with one attached hydrogen (secondary N) is 1. The maximum atomic E-state index is 11.3. The number of para-hydroxylation sites is 2. The lowest BCUT2D eigenvalue weighted by Gasteiger charge is -1.89. The first-order valence-corrected chi connectivity index (χ1v) is 6.51. The lowest BCUT2D eigenvalue weighted by Crippen LogP contribution is -2.01. The number of aromatic nitrogens is 4. The molecule has 0 spiro atoms. The van der Waals surface area contributed by atoms with E-state index < -0.39 is 0 Å². The first-order chi connectivity index (χ1) is 9.74. The molecule has 102 valence electrons. The second kappa shape index (κ2) is 5.24. The lowest BCUT2D eigenvalue weighted by atomic mass is 10.2. The molecule has 1 N–H and O–H groups in total. The van der Waals surface area contributed by atoms with Crippen molar-refractivity contribution in [1.82, 2.24) is 20.1 Å². The molecule has 1 aromatic carbocycles. The number of rotatable bonds is 5. The molecule has 6 nitrogen and oxygen atoms in total. The number of aromatic amines is 1. The van der Waals surface area contributed by atoms with Crippen molar-refractivity contribution >= 4 is 16.8 Å². The molecule has 20 heavy (non-hydrogen) atoms. The van der Waals surface area contributed by atoms with Crippen LogP contribution >= 0.6 is 0 Å². The molecule has 0 atom stereocenters. The highest BCUT2D eigenvalue weighted by Gasteiger charge is 2.12. The number of hydrogen-bond acceptors (Lipinski definition) is 5. The maximum absolute atomic E-state index is 11.3. The van der Waals surface area contributed by atoms with Crippen molar-refractivity contribution in [3.8, 4) is 0 Å². The summed E-state index contributed by atoms with van der Waals surface area (Å²) in [6, 6.07) is 7.80. The van der Waals surface area contributed by atoms with Crippen LogP contribution in [0.2, 0.25) is 0 Å². The van der Waals surface area contributed by atoms with Crippen molar-refractivity contribution in [2.45, 2.75) is 26.2 Å². The largest absolute Gasteiger partial charge is 0.342 e. The molecular weight excluding hydrogens is 256 g/mol. The fourth-order valence-electron chi connectivity index (χ4n) is 1.97. The number of Topliss-reactive ketones (excluding diaryl/α,β-unsaturated/α-hetero) is 1. The summed E-state index contributed by atoms with van der Waals surface area (Å²) in [5.74, 6) is 1.76. The SMILES string of the molecule is CCC(=O)Cc1nc(Cc2nc3ccccc3[nH]2)no1. The molecule has 3 rings (SSSR count). The Balaban J connectivity index is 1.75. The average Bonchev–Trinajstić information content (AvgIpc) is 3.05. The molecule has 0 amide bonds. The van der Waals surface area contributed by atoms with Gasteiger partial charge in [-0.15, -0.1) is 0 Å². The van der Waals surface area contributed by atoms with Gasteiger partial charge in [0.2, 0.25) is 5.89 Å². The Kier molecular flexibility index (Phi) is 3.28. The number of carbonyl (C=O) groups is 1. The number of ketones is 1. The Bertz CT molecular complexity index is 711. The second-order valence-corrected chi connectivity index (χ2v) is 4.55. The summed E-state index contributed by atoms with van der Waals surface area (Å²) in [5, 5.41) is 3.87. The van der Waals surface area contributed by atoms with Crippen molar-refractivity contribution in [3.05, 3.63) is 41.8 Å². The van der Waals surface area contributed by atoms with Gasteiger partial charge in [0.05, 0.1) is 23.9 Å². The van der Waals surface area contributed by atoms with Crippen LogP contribution in [0.15, 0.2) is 28.8 Å². The number of nitrogens with zero attached hydrogens (tertiary/aromatic N) is 3. The maximum Gasteiger partial charge on any atom is 0.234 e. The minimum Gasteiger partial charge on any atom is -0.342 e. The van der Waals surface area contributed by atoms with Gasteiger partial charge < -0.3 is 9.51 Å². The number of H-pyrrole nitrogens is 1. The first kappa shape index (κ1) is 12.5. The number of benzene rings is 1. The molecule has 2 heterocycles. The van der Waals surface area contributed by atoms with Crippen LogP contribution in [0.1, 0.15) is 30.9 Å². The van der Waals surface area contributed by atoms with Crippen LogP contribution in [-0.4, -0.2) is 25.9 Å². The van der Waals surface area contributed by atoms with Crippen molar-refractivity contribution in [3.63, 3.8) is 0 Å². The summed E-state index contributed by atoms with van der Waals surface area (Å²) in [7, 11) is 0. The van der Waals surface area contributed by atoms with E-state index in [1.165, 1.54) is 0 Å². The monoisotopic (exact) mass is 270 g/mol. The van der Waals surface area contributed by atoms with E-state index in [-0.39, 0.29) is 12.2 Å². The Morgan fingerprint density at radius 1 is 1.30 bits per heavy atom. The fourth-order valence-corrected chi connectivity index (χ4v) is 1.97. The molecule has 0 unspecified atom stereocenters. The molecule has 0 saturated carbocycles. The molecule has 0 fully saturated rings. The van der Waals surface area contributed by atoms with Gasteiger partial charge in [-0.1, -0.05) is 24.2 Å². The van der Waals surface area contributed by atoms with E-state index in [4.69, 9.17) is 4.52 Å². The molecule has 0 saturated heterocycles. The highest BCUT2D eigenvalue weighted by atomic mass is 16.5. The standard InChI is InChI=1S/C14H14N4O2/c1-2-9(19)7-14-17-13(18-20-14)8-12-15-10-5-3-4-6-11(10)16-12/h3-6H,2,7-8H2,1H3,(H,15,16). The smallest absolute Gasteiger partial charge is 0.234 e. The van der Waals surface area contributed by atoms with Crippen LogP contribution in [0.3, 0.4) is 0 Å². The van der Waals surface area contributed by atoms with E-state index in [9.17, 15) is 4.79 Å². The van der Waals surface area contributed by atoms with Gasteiger partial charge in [-0.3, -0.25) is 4.79 Å². The summed E-state index contributed by atoms with van der Waals surface area (Å²) in [5.41, 5.74) is 1.89. The summed E-state index contributed by atoms with van der Waals surface area (Å²) in [4.78, 5) is 23.2. The summed E-state index contributed by atoms with van der Waals surface area (Å²) in [6.45, 7) is 1.81. The summed E-state index contributed by atoms with van der Waals surface area (Å²) in [6.07, 6.45) is 1.13. The summed E-state index contributed by atoms with van der Waals surface area (Å²) < 4.78 is 5.06. The Morgan fingerprint density at radius 3 is 2.95 bits per heavy atom. The van der Waals surface area contributed by atoms with E-state index >= 15 is 0 Å². The number of fused-ring (bicyclic) bond motifs is 1. The third-order valence-corrected chi connectivity index (χ3v) is 3.02. The van der Waals surface area contributed by atoms with Gasteiger partial charge in [-0.25, -0.2) is 4.98 Å². The lowest BCUT2D eigenvalue weighted by molar-refractivity contribution is -0.118. The predicted molar refractivity (Wildman–Crippen MR) is 72.2 cm³/mol. The van der Waals surface area contributed by atoms with Crippen LogP contribution in [0, 0.1) is 0 Å². The van der Waals surface area contributed by atoms with Crippen molar-refractivity contribution in [1.29, 1.82) is 0 Å². The predicted octanol–water partition coefficient (Wildman–Crippen LogP) is 2.06. The Labute approximate surface area is 115 Å². The number of imidazole rings is 1. The van der Waals surface area contributed by atoms with Crippen LogP contribution in [0.25, 0.3) is 11.0 Å². The molecule has 2 aromatic heterocycles. The molecule has 0 bridgehead atoms. The zero-order chi connectivity index (χ0) is 13.9. The second-order valence-electron chi connectivity index (χ2n) is 4.55. The fraction of sp³-hybridized carbons (Fsp3) is 0.286. The zero-order valence-corrected chi connectivity index (χ0v) is 11.1. The minimum absolute atomic E-state index is 0.0870. The van der Waals surface area contributed by atoms with Gasteiger partial charge in [0.1, 0.15) is 11.6 Å². The van der Waals surface area contributed by atoms with E-state index in [1.807, 2.05) is 31.2 Å². The zero-order valence-electron chi connectivity index (χ0n) is 11.1. The molecule has 0 aliphatic rings. The number of hydrogen-bond donors (Lipinski definition) is 1. The Morgan fingerprint density at radius 2 is 2.15 bits per heavy atom. The molecule has 0 radical (unpaired) electrons. The molecule has 3 aromatic rings. The average molecular weight is 270 g/mol. The van der Waals surface area contributed by atoms with Gasteiger partial charge in [-0.2, -0.15) is 4.98 Å². The van der Waals surface area contributed by atoms with E-state index in [0.29, 0.717) is 24.6 Å². The van der Waals surface area contributed by atoms with E-state index in [2.05, 4.69) is 20.1 Å². The van der Waals surface area contributed by atoms with Crippen LogP contribution in [-0.2, 0) is 17.6 Å². The van der Waals surface area contributed by atoms with Gasteiger partial charge in [0.25, 0.3) is 0 Å². The van der Waals surface area contributed by atoms with Crippen LogP contribution < -0.4 is 0 Å². The van der Waals surface area contributed by atoms with Crippen LogP contribution in [0.4, 0.5) is 0 Å².